The lowest BCUT2D eigenvalue weighted by Crippen LogP contribution is -2.40. The molecule has 158 valence electrons. The summed E-state index contributed by atoms with van der Waals surface area (Å²) < 4.78 is 16.0. The van der Waals surface area contributed by atoms with Gasteiger partial charge in [0.15, 0.2) is 11.5 Å². The third kappa shape index (κ3) is 3.67. The van der Waals surface area contributed by atoms with Gasteiger partial charge in [-0.3, -0.25) is 9.59 Å². The molecule has 1 atom stereocenters. The minimum atomic E-state index is -0.342. The third-order valence-corrected chi connectivity index (χ3v) is 5.87. The molecule has 2 heterocycles. The highest BCUT2D eigenvalue weighted by atomic mass is 16.5. The van der Waals surface area contributed by atoms with Gasteiger partial charge in [-0.15, -0.1) is 0 Å². The van der Waals surface area contributed by atoms with Crippen LogP contribution >= 0.6 is 0 Å². The summed E-state index contributed by atoms with van der Waals surface area (Å²) in [6, 6.07) is 11.3. The van der Waals surface area contributed by atoms with Gasteiger partial charge in [-0.1, -0.05) is 6.07 Å². The van der Waals surface area contributed by atoms with Crippen LogP contribution in [-0.4, -0.2) is 51.1 Å². The lowest BCUT2D eigenvalue weighted by molar-refractivity contribution is -0.136. The van der Waals surface area contributed by atoms with Crippen LogP contribution < -0.4 is 19.1 Å². The topological polar surface area (TPSA) is 68.3 Å². The predicted octanol–water partition coefficient (Wildman–Crippen LogP) is 2.65. The van der Waals surface area contributed by atoms with Crippen LogP contribution in [0.15, 0.2) is 36.4 Å². The van der Waals surface area contributed by atoms with E-state index in [4.69, 9.17) is 14.2 Å². The lowest BCUT2D eigenvalue weighted by atomic mass is 9.97. The summed E-state index contributed by atoms with van der Waals surface area (Å²) in [5.41, 5.74) is 2.98. The van der Waals surface area contributed by atoms with Crippen molar-refractivity contribution in [1.82, 2.24) is 4.90 Å². The minimum Gasteiger partial charge on any atom is -0.497 e. The van der Waals surface area contributed by atoms with E-state index in [1.807, 2.05) is 41.3 Å². The fourth-order valence-corrected chi connectivity index (χ4v) is 4.23. The number of benzene rings is 2. The van der Waals surface area contributed by atoms with Crippen molar-refractivity contribution in [2.24, 2.45) is 5.92 Å². The molecule has 2 aliphatic rings. The number of nitrogens with zero attached hydrogens (tertiary/aromatic N) is 2. The molecule has 0 unspecified atom stereocenters. The zero-order chi connectivity index (χ0) is 21.3. The Morgan fingerprint density at radius 1 is 1.00 bits per heavy atom. The Hall–Kier alpha value is -3.22. The van der Waals surface area contributed by atoms with E-state index in [-0.39, 0.29) is 24.2 Å². The summed E-state index contributed by atoms with van der Waals surface area (Å²) in [5.74, 6) is 1.69. The van der Waals surface area contributed by atoms with Crippen LogP contribution in [-0.2, 0) is 22.6 Å². The molecule has 2 amide bonds. The van der Waals surface area contributed by atoms with Crippen molar-refractivity contribution in [3.63, 3.8) is 0 Å². The van der Waals surface area contributed by atoms with Crippen LogP contribution in [0.4, 0.5) is 5.69 Å². The second-order valence-corrected chi connectivity index (χ2v) is 7.59. The van der Waals surface area contributed by atoms with Crippen molar-refractivity contribution in [2.45, 2.75) is 19.4 Å². The lowest BCUT2D eigenvalue weighted by Gasteiger charge is -2.31. The fraction of sp³-hybridized carbons (Fsp3) is 0.391. The summed E-state index contributed by atoms with van der Waals surface area (Å²) in [6.45, 7) is 1.53. The van der Waals surface area contributed by atoms with Crippen molar-refractivity contribution >= 4 is 17.5 Å². The summed E-state index contributed by atoms with van der Waals surface area (Å²) in [5, 5.41) is 0. The first-order valence-electron chi connectivity index (χ1n) is 10.0. The first-order chi connectivity index (χ1) is 14.5. The van der Waals surface area contributed by atoms with Crippen LogP contribution in [0.5, 0.6) is 17.2 Å². The summed E-state index contributed by atoms with van der Waals surface area (Å²) in [4.78, 5) is 29.3. The Morgan fingerprint density at radius 3 is 2.43 bits per heavy atom. The van der Waals surface area contributed by atoms with E-state index in [1.165, 1.54) is 0 Å². The van der Waals surface area contributed by atoms with Gasteiger partial charge in [0.05, 0.1) is 27.2 Å². The minimum absolute atomic E-state index is 0.0224. The molecule has 0 N–H and O–H groups in total. The van der Waals surface area contributed by atoms with Crippen LogP contribution in [0.1, 0.15) is 17.5 Å². The van der Waals surface area contributed by atoms with Gasteiger partial charge in [0.25, 0.3) is 0 Å². The smallest absolute Gasteiger partial charge is 0.228 e. The van der Waals surface area contributed by atoms with Crippen molar-refractivity contribution in [3.05, 3.63) is 47.5 Å². The second-order valence-electron chi connectivity index (χ2n) is 7.59. The van der Waals surface area contributed by atoms with Gasteiger partial charge in [0.1, 0.15) is 5.75 Å². The Labute approximate surface area is 176 Å². The molecule has 7 nitrogen and oxygen atoms in total. The number of amides is 2. The van der Waals surface area contributed by atoms with Gasteiger partial charge in [-0.05, 0) is 41.8 Å². The highest BCUT2D eigenvalue weighted by Gasteiger charge is 2.38. The molecule has 30 heavy (non-hydrogen) atoms. The van der Waals surface area contributed by atoms with E-state index in [2.05, 4.69) is 0 Å². The number of ether oxygens (including phenoxy) is 3. The van der Waals surface area contributed by atoms with E-state index in [0.29, 0.717) is 36.9 Å². The third-order valence-electron chi connectivity index (χ3n) is 5.87. The molecule has 0 aromatic heterocycles. The van der Waals surface area contributed by atoms with E-state index >= 15 is 0 Å². The Morgan fingerprint density at radius 2 is 1.73 bits per heavy atom. The quantitative estimate of drug-likeness (QED) is 0.758. The molecule has 0 spiro atoms. The van der Waals surface area contributed by atoms with Gasteiger partial charge >= 0.3 is 0 Å². The molecule has 7 heteroatoms. The van der Waals surface area contributed by atoms with Gasteiger partial charge in [0.2, 0.25) is 11.8 Å². The van der Waals surface area contributed by atoms with Gasteiger partial charge in [0, 0.05) is 37.8 Å². The number of anilines is 1. The SMILES string of the molecule is COc1cccc(N2C[C@H](C(=O)N3CCc4cc(OC)c(OC)cc4C3)CC2=O)c1. The number of hydrogen-bond acceptors (Lipinski definition) is 5. The Kier molecular flexibility index (Phi) is 5.53. The molecule has 1 fully saturated rings. The van der Waals surface area contributed by atoms with Crippen molar-refractivity contribution < 1.29 is 23.8 Å². The van der Waals surface area contributed by atoms with Crippen LogP contribution in [0.3, 0.4) is 0 Å². The molecular weight excluding hydrogens is 384 g/mol. The number of carbonyl (C=O) groups is 2. The van der Waals surface area contributed by atoms with Crippen molar-refractivity contribution in [3.8, 4) is 17.2 Å². The summed E-state index contributed by atoms with van der Waals surface area (Å²) in [7, 11) is 4.82. The molecule has 0 aliphatic carbocycles. The number of carbonyl (C=O) groups excluding carboxylic acids is 2. The largest absolute Gasteiger partial charge is 0.497 e. The predicted molar refractivity (Wildman–Crippen MR) is 112 cm³/mol. The van der Waals surface area contributed by atoms with E-state index in [0.717, 1.165) is 23.2 Å². The highest BCUT2D eigenvalue weighted by molar-refractivity contribution is 6.00. The summed E-state index contributed by atoms with van der Waals surface area (Å²) >= 11 is 0. The number of fused-ring (bicyclic) bond motifs is 1. The standard InChI is InChI=1S/C23H26N2O5/c1-28-19-6-4-5-18(12-19)25-14-17(11-22(25)26)23(27)24-8-7-15-9-20(29-2)21(30-3)10-16(15)13-24/h4-6,9-10,12,17H,7-8,11,13-14H2,1-3H3/t17-/m1/s1. The number of rotatable bonds is 5. The molecular formula is C23H26N2O5. The average molecular weight is 410 g/mol. The Balaban J connectivity index is 1.48. The maximum absolute atomic E-state index is 13.2. The zero-order valence-corrected chi connectivity index (χ0v) is 17.5. The molecule has 4 rings (SSSR count). The fourth-order valence-electron chi connectivity index (χ4n) is 4.23. The first kappa shape index (κ1) is 20.1. The molecule has 0 bridgehead atoms. The monoisotopic (exact) mass is 410 g/mol. The van der Waals surface area contributed by atoms with Gasteiger partial charge in [-0.25, -0.2) is 0 Å². The summed E-state index contributed by atoms with van der Waals surface area (Å²) in [6.07, 6.45) is 0.979. The number of hydrogen-bond donors (Lipinski definition) is 0. The molecule has 0 saturated carbocycles. The van der Waals surface area contributed by atoms with E-state index in [1.54, 1.807) is 26.2 Å². The zero-order valence-electron chi connectivity index (χ0n) is 17.5. The molecule has 0 radical (unpaired) electrons. The van der Waals surface area contributed by atoms with Crippen LogP contribution in [0, 0.1) is 5.92 Å². The van der Waals surface area contributed by atoms with Crippen molar-refractivity contribution in [1.29, 1.82) is 0 Å². The molecule has 2 aliphatic heterocycles. The van der Waals surface area contributed by atoms with Crippen LogP contribution in [0.25, 0.3) is 0 Å². The second kappa shape index (κ2) is 8.26. The maximum atomic E-state index is 13.2. The van der Waals surface area contributed by atoms with Crippen molar-refractivity contribution in [2.75, 3.05) is 39.3 Å². The number of methoxy groups -OCH3 is 3. The molecule has 2 aromatic carbocycles. The Bertz CT molecular complexity index is 974. The van der Waals surface area contributed by atoms with Gasteiger partial charge < -0.3 is 24.0 Å². The highest BCUT2D eigenvalue weighted by Crippen LogP contribution is 2.34. The van der Waals surface area contributed by atoms with E-state index < -0.39 is 0 Å². The normalized spacial score (nSPS) is 18.2. The van der Waals surface area contributed by atoms with Crippen LogP contribution in [0.2, 0.25) is 0 Å². The maximum Gasteiger partial charge on any atom is 0.228 e. The molecule has 1 saturated heterocycles. The first-order valence-corrected chi connectivity index (χ1v) is 10.0. The van der Waals surface area contributed by atoms with Gasteiger partial charge in [-0.2, -0.15) is 0 Å². The van der Waals surface area contributed by atoms with E-state index in [9.17, 15) is 9.59 Å². The molecule has 2 aromatic rings. The average Bonchev–Trinajstić information content (AvgIpc) is 3.18.